The number of carbonyl (C=O) groups is 2. The van der Waals surface area contributed by atoms with E-state index in [1.807, 2.05) is 44.2 Å². The lowest BCUT2D eigenvalue weighted by Crippen LogP contribution is -2.38. The van der Waals surface area contributed by atoms with Gasteiger partial charge in [0, 0.05) is 18.5 Å². The third-order valence-corrected chi connectivity index (χ3v) is 3.48. The first-order valence-corrected chi connectivity index (χ1v) is 7.71. The molecule has 0 aromatic heterocycles. The van der Waals surface area contributed by atoms with Crippen LogP contribution >= 0.6 is 0 Å². The maximum atomic E-state index is 12.0. The molecule has 1 aliphatic rings. The predicted octanol–water partition coefficient (Wildman–Crippen LogP) is 1.89. The van der Waals surface area contributed by atoms with Crippen LogP contribution in [0.1, 0.15) is 26.3 Å². The van der Waals surface area contributed by atoms with Gasteiger partial charge in [0.25, 0.3) is 5.91 Å². The van der Waals surface area contributed by atoms with Crippen LogP contribution < -0.4 is 10.7 Å². The van der Waals surface area contributed by atoms with Crippen molar-refractivity contribution in [3.63, 3.8) is 0 Å². The van der Waals surface area contributed by atoms with Gasteiger partial charge in [0.05, 0.1) is 5.71 Å². The fourth-order valence-corrected chi connectivity index (χ4v) is 2.04. The average molecular weight is 330 g/mol. The van der Waals surface area contributed by atoms with Crippen molar-refractivity contribution in [2.24, 2.45) is 15.5 Å². The van der Waals surface area contributed by atoms with Crippen LogP contribution in [0.15, 0.2) is 40.4 Å². The summed E-state index contributed by atoms with van der Waals surface area (Å²) in [6, 6.07) is 9.33. The van der Waals surface area contributed by atoms with Crippen LogP contribution in [0.2, 0.25) is 0 Å². The van der Waals surface area contributed by atoms with E-state index < -0.39 is 6.09 Å². The summed E-state index contributed by atoms with van der Waals surface area (Å²) < 4.78 is 5.05. The van der Waals surface area contributed by atoms with Crippen LogP contribution in [0.25, 0.3) is 0 Å². The van der Waals surface area contributed by atoms with Crippen LogP contribution in [0, 0.1) is 5.41 Å². The van der Waals surface area contributed by atoms with Gasteiger partial charge >= 0.3 is 6.09 Å². The Morgan fingerprint density at radius 2 is 2.08 bits per heavy atom. The van der Waals surface area contributed by atoms with Crippen molar-refractivity contribution in [1.82, 2.24) is 10.7 Å². The van der Waals surface area contributed by atoms with Gasteiger partial charge in [-0.05, 0) is 12.5 Å². The first-order valence-electron chi connectivity index (χ1n) is 7.71. The maximum Gasteiger partial charge on any atom is 0.428 e. The van der Waals surface area contributed by atoms with Crippen molar-refractivity contribution < 1.29 is 14.3 Å². The minimum Gasteiger partial charge on any atom is -0.443 e. The number of nitrogens with zero attached hydrogens (tertiary/aromatic N) is 2. The molecule has 0 radical (unpaired) electrons. The summed E-state index contributed by atoms with van der Waals surface area (Å²) in [5.74, 6) is -0.290. The monoisotopic (exact) mass is 330 g/mol. The Morgan fingerprint density at radius 1 is 1.38 bits per heavy atom. The molecule has 0 atom stereocenters. The van der Waals surface area contributed by atoms with E-state index in [4.69, 9.17) is 4.74 Å². The maximum absolute atomic E-state index is 12.0. The number of hydrazone groups is 1. The zero-order valence-electron chi connectivity index (χ0n) is 14.1. The van der Waals surface area contributed by atoms with E-state index in [-0.39, 0.29) is 23.6 Å². The first-order chi connectivity index (χ1) is 11.4. The summed E-state index contributed by atoms with van der Waals surface area (Å²) in [5.41, 5.74) is 3.61. The van der Waals surface area contributed by atoms with E-state index in [1.54, 1.807) is 6.92 Å². The minimum absolute atomic E-state index is 0.111. The molecule has 7 nitrogen and oxygen atoms in total. The van der Waals surface area contributed by atoms with E-state index in [2.05, 4.69) is 20.8 Å². The van der Waals surface area contributed by atoms with Crippen LogP contribution in [-0.2, 0) is 16.1 Å². The van der Waals surface area contributed by atoms with Crippen molar-refractivity contribution in [2.45, 2.75) is 27.4 Å². The quantitative estimate of drug-likeness (QED) is 0.652. The molecule has 1 aliphatic heterocycles. The molecule has 2 amide bonds. The van der Waals surface area contributed by atoms with Gasteiger partial charge < -0.3 is 10.1 Å². The van der Waals surface area contributed by atoms with Gasteiger partial charge in [0.1, 0.15) is 12.3 Å². The van der Waals surface area contributed by atoms with Gasteiger partial charge in [-0.2, -0.15) is 5.10 Å². The molecule has 0 saturated carbocycles. The van der Waals surface area contributed by atoms with Crippen molar-refractivity contribution >= 4 is 23.4 Å². The second-order valence-corrected chi connectivity index (χ2v) is 6.38. The van der Waals surface area contributed by atoms with Crippen molar-refractivity contribution in [2.75, 3.05) is 13.1 Å². The lowest BCUT2D eigenvalue weighted by molar-refractivity contribution is -0.114. The van der Waals surface area contributed by atoms with E-state index in [9.17, 15) is 9.59 Å². The number of carbonyl (C=O) groups excluding carboxylic acids is 2. The molecule has 1 aromatic rings. The second kappa shape index (κ2) is 7.72. The third-order valence-electron chi connectivity index (χ3n) is 3.48. The molecule has 24 heavy (non-hydrogen) atoms. The zero-order chi connectivity index (χ0) is 17.6. The minimum atomic E-state index is -0.687. The highest BCUT2D eigenvalue weighted by molar-refractivity contribution is 6.66. The Kier molecular flexibility index (Phi) is 5.68. The molecule has 0 saturated heterocycles. The molecule has 0 unspecified atom stereocenters. The molecular weight excluding hydrogens is 308 g/mol. The summed E-state index contributed by atoms with van der Waals surface area (Å²) in [5, 5.41) is 6.71. The van der Waals surface area contributed by atoms with Gasteiger partial charge in [0.2, 0.25) is 0 Å². The molecule has 128 valence electrons. The number of ether oxygens (including phenoxy) is 1. The van der Waals surface area contributed by atoms with Gasteiger partial charge in [-0.1, -0.05) is 44.2 Å². The highest BCUT2D eigenvalue weighted by atomic mass is 16.6. The van der Waals surface area contributed by atoms with E-state index in [0.29, 0.717) is 18.8 Å². The summed E-state index contributed by atoms with van der Waals surface area (Å²) in [7, 11) is 0. The van der Waals surface area contributed by atoms with E-state index in [0.717, 1.165) is 5.56 Å². The van der Waals surface area contributed by atoms with Crippen molar-refractivity contribution in [1.29, 1.82) is 0 Å². The molecule has 0 bridgehead atoms. The number of amides is 2. The molecule has 2 N–H and O–H groups in total. The molecule has 0 aliphatic carbocycles. The summed E-state index contributed by atoms with van der Waals surface area (Å²) >= 11 is 0. The Bertz CT molecular complexity index is 666. The van der Waals surface area contributed by atoms with Crippen molar-refractivity contribution in [3.05, 3.63) is 35.9 Å². The highest BCUT2D eigenvalue weighted by Gasteiger charge is 2.26. The largest absolute Gasteiger partial charge is 0.443 e. The first kappa shape index (κ1) is 17.7. The van der Waals surface area contributed by atoms with Gasteiger partial charge in [-0.3, -0.25) is 9.79 Å². The topological polar surface area (TPSA) is 92.2 Å². The highest BCUT2D eigenvalue weighted by Crippen LogP contribution is 2.16. The number of aliphatic imine (C=N–C) groups is 1. The molecule has 7 heteroatoms. The Balaban J connectivity index is 1.91. The lowest BCUT2D eigenvalue weighted by atomic mass is 9.94. The number of nitrogens with one attached hydrogen (secondary N) is 2. The fraction of sp³-hybridized carbons (Fsp3) is 0.412. The number of hydrogen-bond donors (Lipinski definition) is 2. The zero-order valence-corrected chi connectivity index (χ0v) is 14.1. The van der Waals surface area contributed by atoms with Gasteiger partial charge in [0.15, 0.2) is 0 Å². The summed E-state index contributed by atoms with van der Waals surface area (Å²) in [6.07, 6.45) is -0.687. The van der Waals surface area contributed by atoms with Crippen molar-refractivity contribution in [3.8, 4) is 0 Å². The van der Waals surface area contributed by atoms with Crippen LogP contribution in [0.3, 0.4) is 0 Å². The number of rotatable bonds is 4. The Hall–Kier alpha value is -2.70. The molecule has 1 heterocycles. The van der Waals surface area contributed by atoms with Gasteiger partial charge in [-0.15, -0.1) is 0 Å². The number of hydrogen-bond acceptors (Lipinski definition) is 5. The van der Waals surface area contributed by atoms with Gasteiger partial charge in [-0.25, -0.2) is 10.2 Å². The normalized spacial score (nSPS) is 17.4. The molecule has 2 rings (SSSR count). The predicted molar refractivity (Wildman–Crippen MR) is 92.0 cm³/mol. The Labute approximate surface area is 141 Å². The van der Waals surface area contributed by atoms with Crippen LogP contribution in [0.4, 0.5) is 4.79 Å². The summed E-state index contributed by atoms with van der Waals surface area (Å²) in [4.78, 5) is 28.0. The smallest absolute Gasteiger partial charge is 0.428 e. The van der Waals surface area contributed by atoms with E-state index in [1.165, 1.54) is 0 Å². The molecule has 0 fully saturated rings. The third kappa shape index (κ3) is 5.19. The molecule has 1 aromatic carbocycles. The van der Waals surface area contributed by atoms with E-state index >= 15 is 0 Å². The molecule has 0 spiro atoms. The molecular formula is C17H22N4O3. The average Bonchev–Trinajstić information content (AvgIpc) is 2.70. The lowest BCUT2D eigenvalue weighted by Gasteiger charge is -2.19. The summed E-state index contributed by atoms with van der Waals surface area (Å²) in [6.45, 7) is 6.85. The standard InChI is InChI=1S/C17H22N4O3/c1-12(14-15(22)19-11-17(2,3)10-18-14)20-21-16(23)24-9-13-7-5-4-6-8-13/h4-8H,9-11H2,1-3H3,(H,19,22)(H,21,23)/b20-12-. The van der Waals surface area contributed by atoms with Crippen LogP contribution in [0.5, 0.6) is 0 Å². The Morgan fingerprint density at radius 3 is 2.79 bits per heavy atom. The number of benzene rings is 1. The second-order valence-electron chi connectivity index (χ2n) is 6.38. The van der Waals surface area contributed by atoms with Crippen LogP contribution in [-0.4, -0.2) is 36.5 Å². The fourth-order valence-electron chi connectivity index (χ4n) is 2.04. The SMILES string of the molecule is C/C(=N/NC(=O)OCc1ccccc1)C1=NCC(C)(C)CNC1=O.